The first kappa shape index (κ1) is 25.6. The number of nitrogens with one attached hydrogen (secondary N) is 2. The molecule has 0 aliphatic carbocycles. The Morgan fingerprint density at radius 2 is 1.82 bits per heavy atom. The second-order valence-corrected chi connectivity index (χ2v) is 11.3. The average molecular weight is 537 g/mol. The zero-order valence-corrected chi connectivity index (χ0v) is 21.9. The van der Waals surface area contributed by atoms with Crippen LogP contribution in [-0.2, 0) is 10.0 Å². The maximum absolute atomic E-state index is 13.2. The van der Waals surface area contributed by atoms with E-state index in [1.54, 1.807) is 18.2 Å². The van der Waals surface area contributed by atoms with Gasteiger partial charge in [0.1, 0.15) is 11.5 Å². The summed E-state index contributed by atoms with van der Waals surface area (Å²) in [5.74, 6) is 0.358. The third-order valence-electron chi connectivity index (χ3n) is 6.34. The fourth-order valence-electron chi connectivity index (χ4n) is 4.26. The van der Waals surface area contributed by atoms with E-state index in [0.717, 1.165) is 19.3 Å². The Labute approximate surface area is 219 Å². The lowest BCUT2D eigenvalue weighted by molar-refractivity contribution is 0.102. The van der Waals surface area contributed by atoms with Gasteiger partial charge in [-0.1, -0.05) is 20.3 Å². The van der Waals surface area contributed by atoms with Gasteiger partial charge in [0.15, 0.2) is 5.76 Å². The molecule has 4 heterocycles. The number of nitrogens with zero attached hydrogens (tertiary/aromatic N) is 4. The molecule has 2 N–H and O–H groups in total. The Bertz CT molecular complexity index is 1600. The van der Waals surface area contributed by atoms with Gasteiger partial charge in [-0.2, -0.15) is 14.1 Å². The van der Waals surface area contributed by atoms with Crippen LogP contribution >= 0.6 is 0 Å². The van der Waals surface area contributed by atoms with Gasteiger partial charge < -0.3 is 9.73 Å². The zero-order valence-electron chi connectivity index (χ0n) is 21.0. The molecule has 0 unspecified atom stereocenters. The van der Waals surface area contributed by atoms with Crippen LogP contribution in [0, 0.1) is 0 Å². The Hall–Kier alpha value is -4.03. The highest BCUT2D eigenvalue weighted by atomic mass is 32.2. The van der Waals surface area contributed by atoms with Gasteiger partial charge in [-0.25, -0.2) is 13.4 Å². The van der Waals surface area contributed by atoms with Gasteiger partial charge in [-0.3, -0.25) is 14.6 Å². The molecule has 0 radical (unpaired) electrons. The lowest BCUT2D eigenvalue weighted by atomic mass is 10.1. The second kappa shape index (κ2) is 10.4. The summed E-state index contributed by atoms with van der Waals surface area (Å²) >= 11 is 0. The summed E-state index contributed by atoms with van der Waals surface area (Å²) in [5.41, 5.74) is 0.899. The third kappa shape index (κ3) is 5.18. The molecule has 1 aliphatic heterocycles. The predicted molar refractivity (Wildman–Crippen MR) is 141 cm³/mol. The minimum atomic E-state index is -3.61. The van der Waals surface area contributed by atoms with Crippen molar-refractivity contribution in [1.29, 1.82) is 0 Å². The number of aromatic amines is 1. The number of furan rings is 1. The monoisotopic (exact) mass is 536 g/mol. The number of benzene rings is 1. The van der Waals surface area contributed by atoms with Crippen molar-refractivity contribution in [3.8, 4) is 17.4 Å². The van der Waals surface area contributed by atoms with E-state index in [9.17, 15) is 18.0 Å². The average Bonchev–Trinajstić information content (AvgIpc) is 3.59. The Balaban J connectivity index is 1.45. The second-order valence-electron chi connectivity index (χ2n) is 9.40. The number of carbonyl (C=O) groups excluding carboxylic acids is 1. The first-order valence-electron chi connectivity index (χ1n) is 12.4. The van der Waals surface area contributed by atoms with Gasteiger partial charge >= 0.3 is 0 Å². The normalized spacial score (nSPS) is 14.6. The van der Waals surface area contributed by atoms with E-state index in [1.807, 2.05) is 13.8 Å². The van der Waals surface area contributed by atoms with Crippen LogP contribution in [0.15, 0.2) is 68.9 Å². The van der Waals surface area contributed by atoms with E-state index in [4.69, 9.17) is 4.42 Å². The number of hydrogen-bond donors (Lipinski definition) is 2. The van der Waals surface area contributed by atoms with E-state index in [1.165, 1.54) is 45.6 Å². The molecule has 1 aromatic carbocycles. The molecule has 4 aromatic rings. The molecular weight excluding hydrogens is 508 g/mol. The number of aromatic nitrogens is 4. The Morgan fingerprint density at radius 3 is 2.47 bits per heavy atom. The van der Waals surface area contributed by atoms with Crippen LogP contribution in [0.2, 0.25) is 0 Å². The van der Waals surface area contributed by atoms with E-state index in [2.05, 4.69) is 20.4 Å². The smallest absolute Gasteiger partial charge is 0.256 e. The van der Waals surface area contributed by atoms with Crippen molar-refractivity contribution < 1.29 is 17.6 Å². The quantitative estimate of drug-likeness (QED) is 0.366. The largest absolute Gasteiger partial charge is 0.463 e. The lowest BCUT2D eigenvalue weighted by Crippen LogP contribution is -2.35. The van der Waals surface area contributed by atoms with Crippen molar-refractivity contribution in [2.45, 2.75) is 43.9 Å². The number of hydrogen-bond acceptors (Lipinski definition) is 7. The van der Waals surface area contributed by atoms with E-state index < -0.39 is 15.9 Å². The van der Waals surface area contributed by atoms with Crippen molar-refractivity contribution in [2.75, 3.05) is 18.4 Å². The molecule has 11 nitrogen and oxygen atoms in total. The molecule has 12 heteroatoms. The van der Waals surface area contributed by atoms with E-state index in [0.29, 0.717) is 30.2 Å². The molecule has 38 heavy (non-hydrogen) atoms. The lowest BCUT2D eigenvalue weighted by Gasteiger charge is -2.25. The van der Waals surface area contributed by atoms with Gasteiger partial charge in [-0.05, 0) is 55.2 Å². The predicted octanol–water partition coefficient (Wildman–Crippen LogP) is 3.77. The Morgan fingerprint density at radius 1 is 1.08 bits per heavy atom. The number of anilines is 1. The van der Waals surface area contributed by atoms with Gasteiger partial charge in [0.25, 0.3) is 11.5 Å². The van der Waals surface area contributed by atoms with Gasteiger partial charge in [0.05, 0.1) is 16.9 Å². The first-order chi connectivity index (χ1) is 18.2. The molecule has 1 saturated heterocycles. The van der Waals surface area contributed by atoms with Gasteiger partial charge in [0.2, 0.25) is 16.0 Å². The molecule has 5 rings (SSSR count). The summed E-state index contributed by atoms with van der Waals surface area (Å²) in [4.78, 5) is 32.8. The summed E-state index contributed by atoms with van der Waals surface area (Å²) in [6.07, 6.45) is 4.21. The zero-order chi connectivity index (χ0) is 26.9. The van der Waals surface area contributed by atoms with Crippen LogP contribution in [0.3, 0.4) is 0 Å². The maximum Gasteiger partial charge on any atom is 0.256 e. The van der Waals surface area contributed by atoms with Crippen LogP contribution in [0.4, 0.5) is 5.82 Å². The minimum absolute atomic E-state index is 0.00562. The molecular formula is C26H28N6O5S. The maximum atomic E-state index is 13.2. The number of H-pyrrole nitrogens is 1. The molecule has 0 saturated carbocycles. The minimum Gasteiger partial charge on any atom is -0.463 e. The van der Waals surface area contributed by atoms with E-state index in [-0.39, 0.29) is 33.7 Å². The molecule has 0 bridgehead atoms. The topological polar surface area (TPSA) is 143 Å². The SMILES string of the molecule is CC(C)c1cc(=O)[nH]c(-n2nc(-c3ccco3)cc2NC(=O)c2ccc(S(=O)(=O)N3CCCCC3)cc2)n1. The van der Waals surface area contributed by atoms with Crippen molar-refractivity contribution in [2.24, 2.45) is 0 Å². The summed E-state index contributed by atoms with van der Waals surface area (Å²) in [7, 11) is -3.61. The van der Waals surface area contributed by atoms with E-state index >= 15 is 0 Å². The van der Waals surface area contributed by atoms with Crippen LogP contribution in [0.5, 0.6) is 0 Å². The van der Waals surface area contributed by atoms with Crippen molar-refractivity contribution in [3.63, 3.8) is 0 Å². The van der Waals surface area contributed by atoms with Crippen molar-refractivity contribution >= 4 is 21.7 Å². The molecule has 0 atom stereocenters. The van der Waals surface area contributed by atoms with Crippen molar-refractivity contribution in [1.82, 2.24) is 24.1 Å². The molecule has 198 valence electrons. The number of amides is 1. The molecule has 3 aromatic heterocycles. The van der Waals surface area contributed by atoms with Crippen LogP contribution in [-0.4, -0.2) is 51.5 Å². The summed E-state index contributed by atoms with van der Waals surface area (Å²) < 4.78 is 34.2. The molecule has 1 fully saturated rings. The van der Waals surface area contributed by atoms with Gasteiger partial charge in [0, 0.05) is 30.8 Å². The summed E-state index contributed by atoms with van der Waals surface area (Å²) in [6, 6.07) is 12.3. The highest BCUT2D eigenvalue weighted by Gasteiger charge is 2.26. The summed E-state index contributed by atoms with van der Waals surface area (Å²) in [5, 5.41) is 7.30. The van der Waals surface area contributed by atoms with Crippen LogP contribution in [0.25, 0.3) is 17.4 Å². The standard InChI is InChI=1S/C26H28N6O5S/c1-17(2)20-16-24(33)29-26(27-20)32-23(15-21(30-32)22-7-6-14-37-22)28-25(34)18-8-10-19(11-9-18)38(35,36)31-12-4-3-5-13-31/h6-11,14-17H,3-5,12-13H2,1-2H3,(H,28,34)(H,27,29,33). The van der Waals surface area contributed by atoms with Crippen LogP contribution in [0.1, 0.15) is 55.1 Å². The Kier molecular flexibility index (Phi) is 7.00. The van der Waals surface area contributed by atoms with Gasteiger partial charge in [-0.15, -0.1) is 0 Å². The molecule has 1 amide bonds. The highest BCUT2D eigenvalue weighted by molar-refractivity contribution is 7.89. The number of carbonyl (C=O) groups is 1. The fraction of sp³-hybridized carbons (Fsp3) is 0.308. The summed E-state index contributed by atoms with van der Waals surface area (Å²) in [6.45, 7) is 4.84. The fourth-order valence-corrected chi connectivity index (χ4v) is 5.77. The third-order valence-corrected chi connectivity index (χ3v) is 8.25. The molecule has 1 aliphatic rings. The number of piperidine rings is 1. The number of sulfonamides is 1. The number of rotatable bonds is 7. The first-order valence-corrected chi connectivity index (χ1v) is 13.8. The van der Waals surface area contributed by atoms with Crippen molar-refractivity contribution in [3.05, 3.63) is 76.4 Å². The highest BCUT2D eigenvalue weighted by Crippen LogP contribution is 2.26. The van der Waals surface area contributed by atoms with Crippen LogP contribution < -0.4 is 10.9 Å². The molecule has 0 spiro atoms.